The van der Waals surface area contributed by atoms with Crippen molar-refractivity contribution in [1.29, 1.82) is 0 Å². The molecule has 0 aromatic heterocycles. The number of rotatable bonds is 7. The minimum absolute atomic E-state index is 0.0463. The van der Waals surface area contributed by atoms with Crippen LogP contribution in [-0.4, -0.2) is 66.4 Å². The van der Waals surface area contributed by atoms with E-state index in [-0.39, 0.29) is 24.7 Å². The molecule has 5 aliphatic rings. The highest BCUT2D eigenvalue weighted by molar-refractivity contribution is 5.76. The third-order valence-electron chi connectivity index (χ3n) is 9.27. The monoisotopic (exact) mass is 463 g/mol. The summed E-state index contributed by atoms with van der Waals surface area (Å²) in [6.07, 6.45) is 14.2. The number of hydrogen-bond donors (Lipinski definition) is 1. The van der Waals surface area contributed by atoms with Gasteiger partial charge in [-0.05, 0) is 95.2 Å². The van der Waals surface area contributed by atoms with Crippen LogP contribution in [0.5, 0.6) is 0 Å². The summed E-state index contributed by atoms with van der Waals surface area (Å²) in [7, 11) is 0. The first kappa shape index (κ1) is 23.7. The fourth-order valence-corrected chi connectivity index (χ4v) is 7.64. The molecule has 33 heavy (non-hydrogen) atoms. The molecule has 3 aliphatic heterocycles. The predicted molar refractivity (Wildman–Crippen MR) is 127 cm³/mol. The minimum atomic E-state index is -2.51. The van der Waals surface area contributed by atoms with Crippen molar-refractivity contribution in [3.05, 3.63) is 11.6 Å². The molecule has 3 heterocycles. The molecule has 5 rings (SSSR count). The number of unbranched alkanes of at least 4 members (excludes halogenated alkanes) is 1. The van der Waals surface area contributed by atoms with Gasteiger partial charge in [0.2, 0.25) is 11.8 Å². The third kappa shape index (κ3) is 5.63. The Balaban J connectivity index is 1.05. The van der Waals surface area contributed by atoms with Gasteiger partial charge < -0.3 is 5.32 Å². The van der Waals surface area contributed by atoms with Gasteiger partial charge in [0, 0.05) is 44.4 Å². The van der Waals surface area contributed by atoms with Crippen LogP contribution in [0.4, 0.5) is 8.78 Å². The van der Waals surface area contributed by atoms with Crippen molar-refractivity contribution in [3.63, 3.8) is 0 Å². The van der Waals surface area contributed by atoms with E-state index in [0.29, 0.717) is 31.8 Å². The molecular formula is C27H43F2N3O. The lowest BCUT2D eigenvalue weighted by Gasteiger charge is -2.55. The van der Waals surface area contributed by atoms with Crippen LogP contribution in [0, 0.1) is 17.8 Å². The highest BCUT2D eigenvalue weighted by atomic mass is 19.3. The van der Waals surface area contributed by atoms with Crippen molar-refractivity contribution >= 4 is 5.91 Å². The number of hydrogen-bond acceptors (Lipinski definition) is 3. The SMILES string of the molecule is O=C(CC1CCC(F)(F)CC1)NCCCCN1CCCC2=C[C@H]3C[C@H](CN4CCCC[C@H]34)[C@@H]21. The van der Waals surface area contributed by atoms with E-state index in [9.17, 15) is 13.6 Å². The third-order valence-corrected chi connectivity index (χ3v) is 9.27. The van der Waals surface area contributed by atoms with Crippen LogP contribution < -0.4 is 5.32 Å². The Hall–Kier alpha value is -1.01. The molecule has 0 unspecified atom stereocenters. The Morgan fingerprint density at radius 3 is 2.79 bits per heavy atom. The summed E-state index contributed by atoms with van der Waals surface area (Å²) in [5.41, 5.74) is 1.74. The predicted octanol–water partition coefficient (Wildman–Crippen LogP) is 4.99. The number of nitrogens with one attached hydrogen (secondary N) is 1. The van der Waals surface area contributed by atoms with Crippen molar-refractivity contribution in [1.82, 2.24) is 15.1 Å². The van der Waals surface area contributed by atoms with E-state index in [1.807, 2.05) is 0 Å². The maximum Gasteiger partial charge on any atom is 0.248 e. The van der Waals surface area contributed by atoms with Gasteiger partial charge in [-0.15, -0.1) is 0 Å². The maximum absolute atomic E-state index is 13.3. The summed E-state index contributed by atoms with van der Waals surface area (Å²) >= 11 is 0. The summed E-state index contributed by atoms with van der Waals surface area (Å²) in [6.45, 7) is 5.65. The van der Waals surface area contributed by atoms with E-state index in [1.54, 1.807) is 5.57 Å². The molecule has 0 aromatic rings. The Labute approximate surface area is 198 Å². The van der Waals surface area contributed by atoms with E-state index in [4.69, 9.17) is 0 Å². The van der Waals surface area contributed by atoms with Crippen LogP contribution in [0.25, 0.3) is 0 Å². The summed E-state index contributed by atoms with van der Waals surface area (Å²) in [6, 6.07) is 1.46. The number of halogens is 2. The van der Waals surface area contributed by atoms with Gasteiger partial charge in [-0.25, -0.2) is 8.78 Å². The van der Waals surface area contributed by atoms with E-state index >= 15 is 0 Å². The Bertz CT molecular complexity index is 716. The van der Waals surface area contributed by atoms with Crippen molar-refractivity contribution in [2.75, 3.05) is 32.7 Å². The van der Waals surface area contributed by atoms with E-state index in [0.717, 1.165) is 37.3 Å². The Morgan fingerprint density at radius 1 is 1.09 bits per heavy atom. The lowest BCUT2D eigenvalue weighted by atomic mass is 9.68. The number of amides is 1. The Morgan fingerprint density at radius 2 is 1.94 bits per heavy atom. The van der Waals surface area contributed by atoms with Gasteiger partial charge in [0.05, 0.1) is 0 Å². The fraction of sp³-hybridized carbons (Fsp3) is 0.889. The number of carbonyl (C=O) groups excluding carboxylic acids is 1. The Kier molecular flexibility index (Phi) is 7.41. The van der Waals surface area contributed by atoms with Gasteiger partial charge in [0.1, 0.15) is 0 Å². The molecule has 2 bridgehead atoms. The molecule has 0 radical (unpaired) electrons. The average Bonchev–Trinajstić information content (AvgIpc) is 2.80. The van der Waals surface area contributed by atoms with Crippen LogP contribution in [0.1, 0.15) is 83.5 Å². The van der Waals surface area contributed by atoms with Crippen molar-refractivity contribution in [3.8, 4) is 0 Å². The fourth-order valence-electron chi connectivity index (χ4n) is 7.64. The molecule has 4 atom stereocenters. The van der Waals surface area contributed by atoms with E-state index in [2.05, 4.69) is 21.2 Å². The van der Waals surface area contributed by atoms with Gasteiger partial charge in [-0.2, -0.15) is 0 Å². The summed E-state index contributed by atoms with van der Waals surface area (Å²) in [4.78, 5) is 17.8. The first-order valence-corrected chi connectivity index (χ1v) is 13.8. The molecule has 1 saturated carbocycles. The second kappa shape index (κ2) is 10.3. The number of alkyl halides is 2. The second-order valence-corrected chi connectivity index (χ2v) is 11.6. The zero-order valence-corrected chi connectivity index (χ0v) is 20.3. The largest absolute Gasteiger partial charge is 0.356 e. The zero-order chi connectivity index (χ0) is 22.8. The van der Waals surface area contributed by atoms with Gasteiger partial charge in [0.15, 0.2) is 0 Å². The molecule has 186 valence electrons. The number of fused-ring (bicyclic) bond motifs is 6. The topological polar surface area (TPSA) is 35.6 Å². The molecule has 2 aliphatic carbocycles. The number of carbonyl (C=O) groups is 1. The molecule has 1 N–H and O–H groups in total. The average molecular weight is 464 g/mol. The second-order valence-electron chi connectivity index (χ2n) is 11.6. The van der Waals surface area contributed by atoms with Gasteiger partial charge in [-0.3, -0.25) is 14.6 Å². The van der Waals surface area contributed by atoms with Gasteiger partial charge in [0.25, 0.3) is 0 Å². The number of nitrogens with zero attached hydrogens (tertiary/aromatic N) is 2. The number of likely N-dealkylation sites (tertiary alicyclic amines) is 1. The van der Waals surface area contributed by atoms with Crippen LogP contribution in [0.15, 0.2) is 11.6 Å². The molecule has 4 fully saturated rings. The zero-order valence-electron chi connectivity index (χ0n) is 20.3. The smallest absolute Gasteiger partial charge is 0.248 e. The van der Waals surface area contributed by atoms with Gasteiger partial charge >= 0.3 is 0 Å². The lowest BCUT2D eigenvalue weighted by Crippen LogP contribution is -2.59. The molecule has 3 saturated heterocycles. The minimum Gasteiger partial charge on any atom is -0.356 e. The highest BCUT2D eigenvalue weighted by Crippen LogP contribution is 2.45. The van der Waals surface area contributed by atoms with Crippen LogP contribution in [0.2, 0.25) is 0 Å². The van der Waals surface area contributed by atoms with Crippen molar-refractivity contribution in [2.45, 2.75) is 101 Å². The van der Waals surface area contributed by atoms with E-state index in [1.165, 1.54) is 58.2 Å². The maximum atomic E-state index is 13.3. The normalized spacial score (nSPS) is 34.8. The number of piperidine rings is 3. The van der Waals surface area contributed by atoms with Crippen molar-refractivity contribution < 1.29 is 13.6 Å². The van der Waals surface area contributed by atoms with Crippen LogP contribution >= 0.6 is 0 Å². The summed E-state index contributed by atoms with van der Waals surface area (Å²) in [5.74, 6) is -0.741. The molecule has 6 heteroatoms. The standard InChI is InChI=1S/C27H43F2N3O/c28-27(29)10-8-20(9-11-27)16-25(33)30-12-2-4-13-31-15-5-6-21-17-22-18-23(26(21)31)19-32-14-3-1-7-24(22)32/h17,20,22-24,26H,1-16,18-19H2,(H,30,33)/t22-,23+,24+,26+/m0/s1. The van der Waals surface area contributed by atoms with Crippen LogP contribution in [0.3, 0.4) is 0 Å². The quantitative estimate of drug-likeness (QED) is 0.427. The van der Waals surface area contributed by atoms with E-state index < -0.39 is 5.92 Å². The molecule has 1 amide bonds. The molecule has 0 spiro atoms. The first-order valence-electron chi connectivity index (χ1n) is 13.8. The highest BCUT2D eigenvalue weighted by Gasteiger charge is 2.45. The lowest BCUT2D eigenvalue weighted by molar-refractivity contribution is -0.123. The van der Waals surface area contributed by atoms with Crippen molar-refractivity contribution in [2.24, 2.45) is 17.8 Å². The molecule has 0 aromatic carbocycles. The first-order chi connectivity index (χ1) is 16.0. The van der Waals surface area contributed by atoms with Gasteiger partial charge in [-0.1, -0.05) is 18.1 Å². The summed E-state index contributed by atoms with van der Waals surface area (Å²) < 4.78 is 26.6. The summed E-state index contributed by atoms with van der Waals surface area (Å²) in [5, 5.41) is 3.05. The molecule has 4 nitrogen and oxygen atoms in total. The van der Waals surface area contributed by atoms with Crippen LogP contribution in [-0.2, 0) is 4.79 Å². The molecular weight excluding hydrogens is 420 g/mol.